The maximum absolute atomic E-state index is 12.7. The summed E-state index contributed by atoms with van der Waals surface area (Å²) in [6, 6.07) is 1.84. The van der Waals surface area contributed by atoms with Crippen molar-refractivity contribution in [3.8, 4) is 0 Å². The van der Waals surface area contributed by atoms with Gasteiger partial charge in [0.25, 0.3) is 10.8 Å². The average molecular weight is 536 g/mol. The highest BCUT2D eigenvalue weighted by atomic mass is 35.5. The van der Waals surface area contributed by atoms with E-state index in [0.717, 1.165) is 25.7 Å². The van der Waals surface area contributed by atoms with E-state index < -0.39 is 10.8 Å². The summed E-state index contributed by atoms with van der Waals surface area (Å²) in [6.45, 7) is 6.50. The van der Waals surface area contributed by atoms with Crippen LogP contribution < -0.4 is 15.9 Å². The molecule has 0 aromatic carbocycles. The first-order chi connectivity index (χ1) is 15.7. The Bertz CT molecular complexity index is 897. The summed E-state index contributed by atoms with van der Waals surface area (Å²) in [5.41, 5.74) is -0.518. The quantitative estimate of drug-likeness (QED) is 0.156. The molecule has 0 spiro atoms. The van der Waals surface area contributed by atoms with E-state index in [0.29, 0.717) is 11.1 Å². The zero-order valence-electron chi connectivity index (χ0n) is 20.0. The molecule has 1 aromatic rings. The molecule has 0 saturated heterocycles. The first-order valence-electron chi connectivity index (χ1n) is 11.8. The molecule has 1 fully saturated rings. The highest BCUT2D eigenvalue weighted by Gasteiger charge is 2.46. The summed E-state index contributed by atoms with van der Waals surface area (Å²) in [5.74, 6) is 0.386. The first kappa shape index (κ1) is 26.9. The number of nitrogens with zero attached hydrogens (tertiary/aromatic N) is 5. The normalized spacial score (nSPS) is 21.2. The van der Waals surface area contributed by atoms with Gasteiger partial charge in [0.05, 0.1) is 5.54 Å². The minimum absolute atomic E-state index is 0.111. The second-order valence-electron chi connectivity index (χ2n) is 9.31. The topological polar surface area (TPSA) is 65.2 Å². The smallest absolute Gasteiger partial charge is 0.267 e. The van der Waals surface area contributed by atoms with Crippen LogP contribution in [0.2, 0.25) is 0 Å². The Morgan fingerprint density at radius 3 is 2.52 bits per heavy atom. The number of aromatic nitrogens is 1. The van der Waals surface area contributed by atoms with E-state index in [2.05, 4.69) is 26.1 Å². The van der Waals surface area contributed by atoms with Gasteiger partial charge in [-0.15, -0.1) is 0 Å². The van der Waals surface area contributed by atoms with Crippen molar-refractivity contribution in [2.45, 2.75) is 102 Å². The van der Waals surface area contributed by atoms with Crippen molar-refractivity contribution in [3.63, 3.8) is 0 Å². The van der Waals surface area contributed by atoms with Gasteiger partial charge in [-0.05, 0) is 50.9 Å². The molecule has 11 heteroatoms. The molecule has 2 aliphatic rings. The van der Waals surface area contributed by atoms with Crippen molar-refractivity contribution in [2.24, 2.45) is 9.98 Å². The van der Waals surface area contributed by atoms with E-state index in [-0.39, 0.29) is 11.6 Å². The molecule has 2 heterocycles. The van der Waals surface area contributed by atoms with Gasteiger partial charge < -0.3 is 0 Å². The van der Waals surface area contributed by atoms with Crippen LogP contribution in [0.1, 0.15) is 85.0 Å². The fourth-order valence-electron chi connectivity index (χ4n) is 3.88. The Hall–Kier alpha value is -0.740. The van der Waals surface area contributed by atoms with E-state index in [9.17, 15) is 4.79 Å². The molecular weight excluding hydrogens is 499 g/mol. The number of thioether (sulfide) groups is 1. The molecule has 0 amide bonds. The second-order valence-corrected chi connectivity index (χ2v) is 11.8. The van der Waals surface area contributed by atoms with E-state index in [1.54, 1.807) is 15.5 Å². The third-order valence-corrected chi connectivity index (χ3v) is 8.31. The SMILES string of the molecule is CCCCCCCCCC(C)(C)N(C1=NC(Cl)(NC2CC2)N(Cl)C(SC)=N1)n1sccc1=O. The van der Waals surface area contributed by atoms with Gasteiger partial charge in [0.2, 0.25) is 5.96 Å². The highest BCUT2D eigenvalue weighted by Crippen LogP contribution is 2.35. The number of halogens is 2. The maximum Gasteiger partial charge on any atom is 0.286 e. The zero-order chi connectivity index (χ0) is 24.1. The maximum atomic E-state index is 12.7. The molecule has 1 N–H and O–H groups in total. The van der Waals surface area contributed by atoms with Crippen LogP contribution in [0.4, 0.5) is 0 Å². The third kappa shape index (κ3) is 6.90. The predicted molar refractivity (Wildman–Crippen MR) is 144 cm³/mol. The lowest BCUT2D eigenvalue weighted by Gasteiger charge is -2.42. The van der Waals surface area contributed by atoms with Crippen LogP contribution in [0, 0.1) is 0 Å². The number of aliphatic imine (C=N–C) groups is 2. The van der Waals surface area contributed by atoms with Crippen molar-refractivity contribution in [1.82, 2.24) is 13.8 Å². The molecular formula is C22H36Cl2N6OS2. The Kier molecular flexibility index (Phi) is 9.60. The van der Waals surface area contributed by atoms with Crippen molar-refractivity contribution in [3.05, 3.63) is 21.8 Å². The number of rotatable bonds is 12. The van der Waals surface area contributed by atoms with Gasteiger partial charge in [-0.2, -0.15) is 14.1 Å². The minimum Gasteiger partial charge on any atom is -0.267 e. The predicted octanol–water partition coefficient (Wildman–Crippen LogP) is 5.91. The van der Waals surface area contributed by atoms with Crippen LogP contribution in [-0.2, 0) is 0 Å². The summed E-state index contributed by atoms with van der Waals surface area (Å²) >= 11 is 16.2. The molecule has 0 radical (unpaired) electrons. The number of nitrogens with one attached hydrogen (secondary N) is 1. The Morgan fingerprint density at radius 1 is 1.27 bits per heavy atom. The molecule has 1 unspecified atom stereocenters. The number of guanidine groups is 1. The largest absolute Gasteiger partial charge is 0.286 e. The molecule has 1 atom stereocenters. The Balaban J connectivity index is 1.85. The molecule has 186 valence electrons. The van der Waals surface area contributed by atoms with Crippen LogP contribution in [-0.4, -0.2) is 42.7 Å². The van der Waals surface area contributed by atoms with Crippen molar-refractivity contribution in [1.29, 1.82) is 0 Å². The van der Waals surface area contributed by atoms with Gasteiger partial charge in [0, 0.05) is 29.3 Å². The lowest BCUT2D eigenvalue weighted by atomic mass is 9.95. The third-order valence-electron chi connectivity index (χ3n) is 5.92. The van der Waals surface area contributed by atoms with Gasteiger partial charge in [-0.25, -0.2) is 9.43 Å². The summed E-state index contributed by atoms with van der Waals surface area (Å²) in [7, 11) is 0. The highest BCUT2D eigenvalue weighted by molar-refractivity contribution is 8.13. The summed E-state index contributed by atoms with van der Waals surface area (Å²) in [4.78, 5) is 22.2. The monoisotopic (exact) mass is 534 g/mol. The summed E-state index contributed by atoms with van der Waals surface area (Å²) < 4.78 is 2.97. The molecule has 1 aromatic heterocycles. The lowest BCUT2D eigenvalue weighted by Crippen LogP contribution is -2.61. The van der Waals surface area contributed by atoms with Gasteiger partial charge in [-0.3, -0.25) is 10.1 Å². The van der Waals surface area contributed by atoms with Gasteiger partial charge in [0.15, 0.2) is 5.17 Å². The van der Waals surface area contributed by atoms with E-state index in [1.807, 2.05) is 11.3 Å². The minimum atomic E-state index is -1.35. The summed E-state index contributed by atoms with van der Waals surface area (Å²) in [5, 5.41) is 6.18. The van der Waals surface area contributed by atoms with E-state index in [4.69, 9.17) is 33.4 Å². The van der Waals surface area contributed by atoms with Crippen LogP contribution >= 0.6 is 46.7 Å². The molecule has 1 aliphatic heterocycles. The number of amidine groups is 1. The van der Waals surface area contributed by atoms with E-state index in [1.165, 1.54) is 66.2 Å². The number of unbranched alkanes of at least 4 members (excludes halogenated alkanes) is 6. The van der Waals surface area contributed by atoms with Crippen LogP contribution in [0.15, 0.2) is 26.2 Å². The lowest BCUT2D eigenvalue weighted by molar-refractivity contribution is 0.324. The van der Waals surface area contributed by atoms with Crippen molar-refractivity contribution < 1.29 is 0 Å². The Morgan fingerprint density at radius 2 is 1.94 bits per heavy atom. The van der Waals surface area contributed by atoms with Crippen LogP contribution in [0.5, 0.6) is 0 Å². The molecule has 0 bridgehead atoms. The molecule has 7 nitrogen and oxygen atoms in total. The molecule has 3 rings (SSSR count). The Labute approximate surface area is 215 Å². The fraction of sp³-hybridized carbons (Fsp3) is 0.773. The van der Waals surface area contributed by atoms with Gasteiger partial charge >= 0.3 is 0 Å². The van der Waals surface area contributed by atoms with Gasteiger partial charge in [0.1, 0.15) is 0 Å². The van der Waals surface area contributed by atoms with Crippen molar-refractivity contribution in [2.75, 3.05) is 11.3 Å². The molecule has 1 saturated carbocycles. The first-order valence-corrected chi connectivity index (χ1v) is 14.6. The average Bonchev–Trinajstić information content (AvgIpc) is 3.48. The standard InChI is InChI=1S/C22H36Cl2N6OS2/c1-5-6-7-8-9-10-11-15-21(2,3)29(30-18(31)14-16-33-30)19-25-20(32-4)28(24)22(23,27-19)26-17-12-13-17/h14,16-17,26H,5-13,15H2,1-4H3. The zero-order valence-corrected chi connectivity index (χ0v) is 23.2. The van der Waals surface area contributed by atoms with Crippen molar-refractivity contribution >= 4 is 57.8 Å². The number of hydrogen-bond acceptors (Lipinski definition) is 8. The molecule has 33 heavy (non-hydrogen) atoms. The van der Waals surface area contributed by atoms with Crippen LogP contribution in [0.3, 0.4) is 0 Å². The van der Waals surface area contributed by atoms with Gasteiger partial charge in [-0.1, -0.05) is 75.2 Å². The number of alkyl halides is 1. The summed E-state index contributed by atoms with van der Waals surface area (Å²) in [6.07, 6.45) is 13.5. The number of hydrogen-bond donors (Lipinski definition) is 1. The molecule has 1 aliphatic carbocycles. The van der Waals surface area contributed by atoms with E-state index >= 15 is 0 Å². The fourth-order valence-corrected chi connectivity index (χ4v) is 5.88. The second kappa shape index (κ2) is 11.8. The van der Waals surface area contributed by atoms with Crippen LogP contribution in [0.25, 0.3) is 0 Å².